The Morgan fingerprint density at radius 3 is 2.29 bits per heavy atom. The molecule has 0 aliphatic rings. The van der Waals surface area contributed by atoms with Crippen LogP contribution in [0, 0.1) is 5.82 Å². The van der Waals surface area contributed by atoms with Crippen LogP contribution < -0.4 is 15.4 Å². The van der Waals surface area contributed by atoms with Gasteiger partial charge in [-0.05, 0) is 42.0 Å². The van der Waals surface area contributed by atoms with Gasteiger partial charge in [-0.15, -0.1) is 0 Å². The lowest BCUT2D eigenvalue weighted by atomic mass is 10.2. The summed E-state index contributed by atoms with van der Waals surface area (Å²) in [6, 6.07) is 17.6. The predicted octanol–water partition coefficient (Wildman–Crippen LogP) is 3.41. The van der Waals surface area contributed by atoms with Crippen molar-refractivity contribution in [3.63, 3.8) is 0 Å². The second kappa shape index (κ2) is 8.77. The van der Waals surface area contributed by atoms with Gasteiger partial charge in [0, 0.05) is 6.54 Å². The number of rotatable bonds is 6. The molecule has 0 atom stereocenters. The monoisotopic (exact) mass is 379 g/mol. The molecule has 0 bridgehead atoms. The standard InChI is InChI=1S/C21H18FN3O3/c1-28-15-11-9-14(10-12-15)13-23-20(26)18-7-4-8-19(24-18)21(27)25-17-6-3-2-5-16(17)22/h2-12H,13H2,1H3,(H,23,26)(H,25,27). The predicted molar refractivity (Wildman–Crippen MR) is 103 cm³/mol. The van der Waals surface area contributed by atoms with Crippen LogP contribution in [0.1, 0.15) is 26.5 Å². The third kappa shape index (κ3) is 4.70. The van der Waals surface area contributed by atoms with Gasteiger partial charge >= 0.3 is 0 Å². The zero-order valence-corrected chi connectivity index (χ0v) is 15.1. The number of hydrogen-bond acceptors (Lipinski definition) is 4. The fraction of sp³-hybridized carbons (Fsp3) is 0.0952. The first-order chi connectivity index (χ1) is 13.6. The smallest absolute Gasteiger partial charge is 0.274 e. The fourth-order valence-corrected chi connectivity index (χ4v) is 2.45. The molecule has 0 fully saturated rings. The molecule has 0 unspecified atom stereocenters. The number of anilines is 1. The molecule has 1 heterocycles. The number of pyridine rings is 1. The molecule has 28 heavy (non-hydrogen) atoms. The summed E-state index contributed by atoms with van der Waals surface area (Å²) < 4.78 is 18.8. The van der Waals surface area contributed by atoms with Crippen LogP contribution in [0.25, 0.3) is 0 Å². The summed E-state index contributed by atoms with van der Waals surface area (Å²) in [7, 11) is 1.58. The molecule has 6 nitrogen and oxygen atoms in total. The number of carbonyl (C=O) groups is 2. The first-order valence-corrected chi connectivity index (χ1v) is 8.51. The quantitative estimate of drug-likeness (QED) is 0.688. The van der Waals surface area contributed by atoms with Crippen molar-refractivity contribution in [2.45, 2.75) is 6.54 Å². The highest BCUT2D eigenvalue weighted by Gasteiger charge is 2.14. The number of carbonyl (C=O) groups excluding carboxylic acids is 2. The van der Waals surface area contributed by atoms with E-state index in [0.29, 0.717) is 6.54 Å². The van der Waals surface area contributed by atoms with Gasteiger partial charge in [0.1, 0.15) is 23.0 Å². The summed E-state index contributed by atoms with van der Waals surface area (Å²) in [4.78, 5) is 28.7. The number of ether oxygens (including phenoxy) is 1. The van der Waals surface area contributed by atoms with E-state index in [0.717, 1.165) is 11.3 Å². The fourth-order valence-electron chi connectivity index (χ4n) is 2.45. The number of para-hydroxylation sites is 1. The van der Waals surface area contributed by atoms with Gasteiger partial charge < -0.3 is 15.4 Å². The Morgan fingerprint density at radius 2 is 1.61 bits per heavy atom. The summed E-state index contributed by atoms with van der Waals surface area (Å²) in [6.45, 7) is 0.302. The number of nitrogens with zero attached hydrogens (tertiary/aromatic N) is 1. The van der Waals surface area contributed by atoms with E-state index in [1.54, 1.807) is 31.4 Å². The van der Waals surface area contributed by atoms with Crippen molar-refractivity contribution < 1.29 is 18.7 Å². The Balaban J connectivity index is 1.65. The van der Waals surface area contributed by atoms with Gasteiger partial charge in [0.15, 0.2) is 0 Å². The van der Waals surface area contributed by atoms with Crippen molar-refractivity contribution in [3.05, 3.63) is 89.5 Å². The van der Waals surface area contributed by atoms with E-state index >= 15 is 0 Å². The molecule has 3 rings (SSSR count). The molecule has 7 heteroatoms. The van der Waals surface area contributed by atoms with Gasteiger partial charge in [-0.1, -0.05) is 30.3 Å². The number of benzene rings is 2. The molecule has 1 aromatic heterocycles. The minimum atomic E-state index is -0.602. The molecule has 142 valence electrons. The van der Waals surface area contributed by atoms with E-state index in [4.69, 9.17) is 4.74 Å². The van der Waals surface area contributed by atoms with E-state index < -0.39 is 17.6 Å². The molecule has 0 aliphatic carbocycles. The summed E-state index contributed by atoms with van der Waals surface area (Å²) in [5.74, 6) is -0.846. The Bertz CT molecular complexity index is 990. The van der Waals surface area contributed by atoms with Crippen molar-refractivity contribution in [2.75, 3.05) is 12.4 Å². The average Bonchev–Trinajstić information content (AvgIpc) is 2.74. The largest absolute Gasteiger partial charge is 0.497 e. The second-order valence-electron chi connectivity index (χ2n) is 5.87. The zero-order valence-electron chi connectivity index (χ0n) is 15.1. The van der Waals surface area contributed by atoms with Gasteiger partial charge in [-0.25, -0.2) is 9.37 Å². The SMILES string of the molecule is COc1ccc(CNC(=O)c2cccc(C(=O)Nc3ccccc3F)n2)cc1. The van der Waals surface area contributed by atoms with Crippen LogP contribution in [0.3, 0.4) is 0 Å². The Hall–Kier alpha value is -3.74. The third-order valence-electron chi connectivity index (χ3n) is 3.95. The molecule has 2 N–H and O–H groups in total. The molecule has 0 aliphatic heterocycles. The molecular formula is C21H18FN3O3. The highest BCUT2D eigenvalue weighted by molar-refractivity contribution is 6.03. The average molecular weight is 379 g/mol. The molecular weight excluding hydrogens is 361 g/mol. The van der Waals surface area contributed by atoms with E-state index in [-0.39, 0.29) is 17.1 Å². The lowest BCUT2D eigenvalue weighted by Crippen LogP contribution is -2.25. The van der Waals surface area contributed by atoms with Crippen LogP contribution in [-0.4, -0.2) is 23.9 Å². The Kier molecular flexibility index (Phi) is 5.96. The zero-order chi connectivity index (χ0) is 19.9. The maximum atomic E-state index is 13.7. The van der Waals surface area contributed by atoms with Gasteiger partial charge in [-0.3, -0.25) is 9.59 Å². The highest BCUT2D eigenvalue weighted by Crippen LogP contribution is 2.14. The molecule has 0 saturated carbocycles. The van der Waals surface area contributed by atoms with Crippen molar-refractivity contribution in [3.8, 4) is 5.75 Å². The second-order valence-corrected chi connectivity index (χ2v) is 5.87. The van der Waals surface area contributed by atoms with Crippen LogP contribution in [0.2, 0.25) is 0 Å². The third-order valence-corrected chi connectivity index (χ3v) is 3.95. The van der Waals surface area contributed by atoms with Crippen LogP contribution >= 0.6 is 0 Å². The number of hydrogen-bond donors (Lipinski definition) is 2. The summed E-state index contributed by atoms with van der Waals surface area (Å²) in [5, 5.41) is 5.19. The first kappa shape index (κ1) is 19.0. The molecule has 3 aromatic rings. The van der Waals surface area contributed by atoms with Gasteiger partial charge in [0.05, 0.1) is 12.8 Å². The van der Waals surface area contributed by atoms with Crippen molar-refractivity contribution in [2.24, 2.45) is 0 Å². The minimum absolute atomic E-state index is 0.0142. The van der Waals surface area contributed by atoms with Crippen molar-refractivity contribution in [1.82, 2.24) is 10.3 Å². The van der Waals surface area contributed by atoms with E-state index in [1.807, 2.05) is 12.1 Å². The number of aromatic nitrogens is 1. The summed E-state index contributed by atoms with van der Waals surface area (Å²) in [5.41, 5.74) is 1.04. The molecule has 0 spiro atoms. The van der Waals surface area contributed by atoms with Crippen LogP contribution in [0.15, 0.2) is 66.7 Å². The van der Waals surface area contributed by atoms with E-state index in [1.165, 1.54) is 30.3 Å². The van der Waals surface area contributed by atoms with Gasteiger partial charge in [-0.2, -0.15) is 0 Å². The number of halogens is 1. The maximum absolute atomic E-state index is 13.7. The topological polar surface area (TPSA) is 80.3 Å². The Morgan fingerprint density at radius 1 is 0.929 bits per heavy atom. The molecule has 0 radical (unpaired) electrons. The van der Waals surface area contributed by atoms with Gasteiger partial charge in [0.2, 0.25) is 0 Å². The van der Waals surface area contributed by atoms with E-state index in [2.05, 4.69) is 15.6 Å². The van der Waals surface area contributed by atoms with Crippen LogP contribution in [0.4, 0.5) is 10.1 Å². The van der Waals surface area contributed by atoms with Crippen LogP contribution in [-0.2, 0) is 6.54 Å². The van der Waals surface area contributed by atoms with Gasteiger partial charge in [0.25, 0.3) is 11.8 Å². The van der Waals surface area contributed by atoms with E-state index in [9.17, 15) is 14.0 Å². The highest BCUT2D eigenvalue weighted by atomic mass is 19.1. The molecule has 2 aromatic carbocycles. The summed E-state index contributed by atoms with van der Waals surface area (Å²) in [6.07, 6.45) is 0. The minimum Gasteiger partial charge on any atom is -0.497 e. The van der Waals surface area contributed by atoms with Crippen molar-refractivity contribution >= 4 is 17.5 Å². The van der Waals surface area contributed by atoms with Crippen molar-refractivity contribution in [1.29, 1.82) is 0 Å². The summed E-state index contributed by atoms with van der Waals surface area (Å²) >= 11 is 0. The molecule has 2 amide bonds. The molecule has 0 saturated heterocycles. The number of nitrogens with one attached hydrogen (secondary N) is 2. The maximum Gasteiger partial charge on any atom is 0.274 e. The first-order valence-electron chi connectivity index (χ1n) is 8.51. The lowest BCUT2D eigenvalue weighted by Gasteiger charge is -2.08. The number of amides is 2. The Labute approximate surface area is 161 Å². The lowest BCUT2D eigenvalue weighted by molar-refractivity contribution is 0.0945. The normalized spacial score (nSPS) is 10.2. The number of methoxy groups -OCH3 is 1. The van der Waals surface area contributed by atoms with Crippen LogP contribution in [0.5, 0.6) is 5.75 Å².